The van der Waals surface area contributed by atoms with Crippen LogP contribution < -0.4 is 10.6 Å². The molecule has 1 aromatic heterocycles. The van der Waals surface area contributed by atoms with Gasteiger partial charge in [0, 0.05) is 13.6 Å². The topological polar surface area (TPSA) is 75.1 Å². The normalized spacial score (nSPS) is 13.5. The lowest BCUT2D eigenvalue weighted by Crippen LogP contribution is -2.41. The minimum Gasteiger partial charge on any atom is -0.336 e. The van der Waals surface area contributed by atoms with Crippen molar-refractivity contribution in [2.24, 2.45) is 7.05 Å². The van der Waals surface area contributed by atoms with Crippen molar-refractivity contribution in [3.8, 4) is 0 Å². The highest BCUT2D eigenvalue weighted by Crippen LogP contribution is 2.18. The molecule has 0 radical (unpaired) electrons. The molecule has 2 atom stereocenters. The fraction of sp³-hybridized carbons (Fsp3) is 0.500. The summed E-state index contributed by atoms with van der Waals surface area (Å²) in [5, 5.41) is 13.7. The first kappa shape index (κ1) is 18.9. The van der Waals surface area contributed by atoms with Crippen molar-refractivity contribution in [3.63, 3.8) is 0 Å². The van der Waals surface area contributed by atoms with Crippen LogP contribution in [0.5, 0.6) is 0 Å². The van der Waals surface area contributed by atoms with E-state index in [9.17, 15) is 4.79 Å². The number of urea groups is 1. The maximum absolute atomic E-state index is 12.2. The average molecular weight is 344 g/mol. The molecule has 0 aliphatic carbocycles. The second-order valence-corrected chi connectivity index (χ2v) is 6.45. The summed E-state index contributed by atoms with van der Waals surface area (Å²) in [6.07, 6.45) is 2.64. The molecule has 136 valence electrons. The van der Waals surface area contributed by atoms with Gasteiger partial charge >= 0.3 is 6.03 Å². The van der Waals surface area contributed by atoms with Gasteiger partial charge in [-0.25, -0.2) is 4.79 Å². The van der Waals surface area contributed by atoms with E-state index < -0.39 is 0 Å². The minimum atomic E-state index is -0.215. The van der Waals surface area contributed by atoms with Crippen molar-refractivity contribution in [1.82, 2.24) is 30.3 Å². The van der Waals surface area contributed by atoms with Gasteiger partial charge in [0.15, 0.2) is 5.82 Å². The maximum atomic E-state index is 12.2. The number of aromatic nitrogens is 3. The Morgan fingerprint density at radius 3 is 2.48 bits per heavy atom. The van der Waals surface area contributed by atoms with Crippen LogP contribution in [0.2, 0.25) is 0 Å². The average Bonchev–Trinajstić information content (AvgIpc) is 3.01. The maximum Gasteiger partial charge on any atom is 0.315 e. The van der Waals surface area contributed by atoms with Gasteiger partial charge in [0.2, 0.25) is 0 Å². The Morgan fingerprint density at radius 1 is 1.28 bits per heavy atom. The molecule has 0 aliphatic heterocycles. The largest absolute Gasteiger partial charge is 0.336 e. The Morgan fingerprint density at radius 2 is 1.96 bits per heavy atom. The molecule has 2 amide bonds. The van der Waals surface area contributed by atoms with Gasteiger partial charge in [-0.05, 0) is 38.6 Å². The molecule has 25 heavy (non-hydrogen) atoms. The molecule has 0 unspecified atom stereocenters. The third-order valence-electron chi connectivity index (χ3n) is 4.33. The quantitative estimate of drug-likeness (QED) is 0.806. The van der Waals surface area contributed by atoms with E-state index in [1.807, 2.05) is 28.1 Å². The second-order valence-electron chi connectivity index (χ2n) is 6.45. The van der Waals surface area contributed by atoms with Crippen LogP contribution in [-0.2, 0) is 13.5 Å². The monoisotopic (exact) mass is 344 g/mol. The summed E-state index contributed by atoms with van der Waals surface area (Å²) in [6, 6.07) is 8.23. The van der Waals surface area contributed by atoms with Crippen molar-refractivity contribution in [1.29, 1.82) is 0 Å². The van der Waals surface area contributed by atoms with Crippen LogP contribution in [0.3, 0.4) is 0 Å². The number of carbonyl (C=O) groups is 1. The first-order valence-electron chi connectivity index (χ1n) is 8.55. The second kappa shape index (κ2) is 8.62. The Balaban J connectivity index is 1.93. The van der Waals surface area contributed by atoms with Crippen molar-refractivity contribution in [2.75, 3.05) is 20.6 Å². The molecule has 0 fully saturated rings. The third kappa shape index (κ3) is 5.03. The van der Waals surface area contributed by atoms with Crippen molar-refractivity contribution >= 4 is 6.03 Å². The zero-order valence-electron chi connectivity index (χ0n) is 15.7. The molecule has 0 bridgehead atoms. The lowest BCUT2D eigenvalue weighted by Gasteiger charge is -2.25. The van der Waals surface area contributed by atoms with Crippen LogP contribution in [0.4, 0.5) is 4.79 Å². The van der Waals surface area contributed by atoms with E-state index in [0.29, 0.717) is 6.54 Å². The number of benzene rings is 1. The Kier molecular flexibility index (Phi) is 6.52. The summed E-state index contributed by atoms with van der Waals surface area (Å²) in [6.45, 7) is 4.55. The van der Waals surface area contributed by atoms with E-state index in [1.54, 1.807) is 10.9 Å². The van der Waals surface area contributed by atoms with Gasteiger partial charge in [0.1, 0.15) is 6.33 Å². The molecule has 1 heterocycles. The lowest BCUT2D eigenvalue weighted by atomic mass is 10.0. The fourth-order valence-corrected chi connectivity index (χ4v) is 2.76. The Labute approximate surface area is 149 Å². The van der Waals surface area contributed by atoms with Crippen LogP contribution in [0.25, 0.3) is 0 Å². The predicted molar refractivity (Wildman–Crippen MR) is 98.2 cm³/mol. The Hall–Kier alpha value is -2.41. The van der Waals surface area contributed by atoms with Crippen molar-refractivity contribution in [2.45, 2.75) is 32.4 Å². The highest BCUT2D eigenvalue weighted by Gasteiger charge is 2.17. The van der Waals surface area contributed by atoms with Crippen LogP contribution in [-0.4, -0.2) is 46.3 Å². The van der Waals surface area contributed by atoms with E-state index in [1.165, 1.54) is 11.1 Å². The van der Waals surface area contributed by atoms with Crippen LogP contribution >= 0.6 is 0 Å². The summed E-state index contributed by atoms with van der Waals surface area (Å²) in [4.78, 5) is 14.3. The van der Waals surface area contributed by atoms with E-state index in [0.717, 1.165) is 12.2 Å². The molecule has 0 saturated carbocycles. The number of hydrogen-bond donors (Lipinski definition) is 2. The zero-order valence-corrected chi connectivity index (χ0v) is 15.7. The molecular weight excluding hydrogens is 316 g/mol. The molecular formula is C18H28N6O. The van der Waals surface area contributed by atoms with Gasteiger partial charge in [0.05, 0.1) is 12.1 Å². The zero-order chi connectivity index (χ0) is 18.4. The molecule has 7 heteroatoms. The van der Waals surface area contributed by atoms with Crippen LogP contribution in [0.1, 0.15) is 42.9 Å². The van der Waals surface area contributed by atoms with Crippen molar-refractivity contribution in [3.05, 3.63) is 47.5 Å². The summed E-state index contributed by atoms with van der Waals surface area (Å²) >= 11 is 0. The van der Waals surface area contributed by atoms with Gasteiger partial charge in [-0.1, -0.05) is 31.2 Å². The van der Waals surface area contributed by atoms with Gasteiger partial charge in [-0.3, -0.25) is 0 Å². The van der Waals surface area contributed by atoms with Crippen molar-refractivity contribution < 1.29 is 4.79 Å². The first-order chi connectivity index (χ1) is 11.9. The molecule has 2 rings (SSSR count). The van der Waals surface area contributed by atoms with Crippen LogP contribution in [0.15, 0.2) is 30.6 Å². The van der Waals surface area contributed by atoms with E-state index in [2.05, 4.69) is 56.9 Å². The fourth-order valence-electron chi connectivity index (χ4n) is 2.76. The predicted octanol–water partition coefficient (Wildman–Crippen LogP) is 2.04. The highest BCUT2D eigenvalue weighted by atomic mass is 16.2. The van der Waals surface area contributed by atoms with E-state index >= 15 is 0 Å². The minimum absolute atomic E-state index is 0.113. The third-order valence-corrected chi connectivity index (χ3v) is 4.33. The van der Waals surface area contributed by atoms with Gasteiger partial charge in [-0.2, -0.15) is 0 Å². The van der Waals surface area contributed by atoms with Gasteiger partial charge in [-0.15, -0.1) is 10.2 Å². The highest BCUT2D eigenvalue weighted by molar-refractivity contribution is 5.74. The molecule has 0 aliphatic rings. The summed E-state index contributed by atoms with van der Waals surface area (Å²) < 4.78 is 1.79. The first-order valence-corrected chi connectivity index (χ1v) is 8.55. The number of nitrogens with one attached hydrogen (secondary N) is 2. The molecule has 0 saturated heterocycles. The number of aryl methyl sites for hydroxylation is 2. The van der Waals surface area contributed by atoms with Gasteiger partial charge in [0.25, 0.3) is 0 Å². The number of nitrogens with zero attached hydrogens (tertiary/aromatic N) is 4. The van der Waals surface area contributed by atoms with E-state index in [-0.39, 0.29) is 18.1 Å². The van der Waals surface area contributed by atoms with Crippen LogP contribution in [0, 0.1) is 0 Å². The SMILES string of the molecule is CCc1ccc([C@@H](CNC(=O)N[C@H](C)c2nncn2C)N(C)C)cc1. The molecule has 7 nitrogen and oxygen atoms in total. The molecule has 2 N–H and O–H groups in total. The van der Waals surface area contributed by atoms with Gasteiger partial charge < -0.3 is 20.1 Å². The standard InChI is InChI=1S/C18H28N6O/c1-6-14-7-9-15(10-8-14)16(23(3)4)11-19-18(25)21-13(2)17-22-20-12-24(17)5/h7-10,12-13,16H,6,11H2,1-5H3,(H2,19,21,25)/t13-,16-/m1/s1. The lowest BCUT2D eigenvalue weighted by molar-refractivity contribution is 0.229. The van der Waals surface area contributed by atoms with E-state index in [4.69, 9.17) is 0 Å². The number of rotatable bonds is 7. The summed E-state index contributed by atoms with van der Waals surface area (Å²) in [5.41, 5.74) is 2.49. The Bertz CT molecular complexity index is 679. The molecule has 0 spiro atoms. The molecule has 1 aromatic carbocycles. The number of hydrogen-bond acceptors (Lipinski definition) is 4. The number of likely N-dealkylation sites (N-methyl/N-ethyl adjacent to an activating group) is 1. The number of carbonyl (C=O) groups excluding carboxylic acids is 1. The number of amides is 2. The molecule has 2 aromatic rings. The smallest absolute Gasteiger partial charge is 0.315 e. The summed E-state index contributed by atoms with van der Waals surface area (Å²) in [7, 11) is 5.88. The summed E-state index contributed by atoms with van der Waals surface area (Å²) in [5.74, 6) is 0.717.